The molecule has 1 aliphatic carbocycles. The maximum atomic E-state index is 11.6. The first kappa shape index (κ1) is 12.1. The Bertz CT molecular complexity index is 680. The first-order valence-electron chi connectivity index (χ1n) is 5.75. The zero-order valence-corrected chi connectivity index (χ0v) is 9.76. The Hall–Kier alpha value is -1.97. The highest BCUT2D eigenvalue weighted by atomic mass is 16.4. The molecule has 3 rings (SSSR count). The van der Waals surface area contributed by atoms with Crippen LogP contribution in [0.5, 0.6) is 0 Å². The molecule has 0 unspecified atom stereocenters. The van der Waals surface area contributed by atoms with Gasteiger partial charge in [-0.25, -0.2) is 4.98 Å². The highest BCUT2D eigenvalue weighted by Gasteiger charge is 2.42. The molecule has 0 bridgehead atoms. The molecule has 1 fully saturated rings. The third-order valence-corrected chi connectivity index (χ3v) is 3.43. The van der Waals surface area contributed by atoms with E-state index in [0.717, 1.165) is 0 Å². The van der Waals surface area contributed by atoms with Gasteiger partial charge >= 0.3 is 0 Å². The third-order valence-electron chi connectivity index (χ3n) is 3.43. The zero-order chi connectivity index (χ0) is 13.7. The van der Waals surface area contributed by atoms with Gasteiger partial charge in [-0.15, -0.1) is 0 Å². The highest BCUT2D eigenvalue weighted by Crippen LogP contribution is 2.32. The first-order chi connectivity index (χ1) is 8.99. The molecule has 0 amide bonds. The Kier molecular flexibility index (Phi) is 2.55. The normalized spacial score (nSPS) is 31.1. The number of aromatic amines is 1. The maximum absolute atomic E-state index is 11.6. The molecule has 0 aromatic carbocycles. The van der Waals surface area contributed by atoms with E-state index in [1.54, 1.807) is 0 Å². The molecule has 1 aliphatic rings. The Labute approximate surface area is 106 Å². The van der Waals surface area contributed by atoms with E-state index in [1.165, 1.54) is 10.9 Å². The lowest BCUT2D eigenvalue weighted by Crippen LogP contribution is -2.31. The topological polar surface area (TPSA) is 150 Å². The molecule has 2 heterocycles. The second kappa shape index (κ2) is 4.02. The van der Waals surface area contributed by atoms with Crippen molar-refractivity contribution in [3.8, 4) is 0 Å². The van der Waals surface area contributed by atoms with Crippen molar-refractivity contribution in [2.75, 3.05) is 5.73 Å². The first-order valence-corrected chi connectivity index (χ1v) is 5.75. The molecule has 102 valence electrons. The van der Waals surface area contributed by atoms with Gasteiger partial charge in [0.15, 0.2) is 11.2 Å². The number of rotatable bonds is 1. The second-order valence-corrected chi connectivity index (χ2v) is 4.63. The number of H-pyrrole nitrogens is 1. The predicted molar refractivity (Wildman–Crippen MR) is 64.2 cm³/mol. The summed E-state index contributed by atoms with van der Waals surface area (Å²) in [5, 5.41) is 29.0. The number of hydrogen-bond acceptors (Lipinski definition) is 7. The zero-order valence-electron chi connectivity index (χ0n) is 9.76. The van der Waals surface area contributed by atoms with Gasteiger partial charge in [0, 0.05) is 0 Å². The summed E-state index contributed by atoms with van der Waals surface area (Å²) in [7, 11) is 0. The monoisotopic (exact) mass is 267 g/mol. The molecule has 2 aromatic heterocycles. The van der Waals surface area contributed by atoms with Gasteiger partial charge in [0.05, 0.1) is 18.5 Å². The lowest BCUT2D eigenvalue weighted by molar-refractivity contribution is -0.0244. The Morgan fingerprint density at radius 2 is 2.11 bits per heavy atom. The smallest absolute Gasteiger partial charge is 0.280 e. The molecule has 6 N–H and O–H groups in total. The minimum Gasteiger partial charge on any atom is -0.390 e. The van der Waals surface area contributed by atoms with E-state index in [2.05, 4.69) is 15.0 Å². The molecule has 0 saturated heterocycles. The van der Waals surface area contributed by atoms with Crippen molar-refractivity contribution in [2.45, 2.75) is 30.8 Å². The average Bonchev–Trinajstić information content (AvgIpc) is 2.86. The predicted octanol–water partition coefficient (Wildman–Crippen LogP) is -2.27. The number of nitrogen functional groups attached to an aromatic ring is 1. The van der Waals surface area contributed by atoms with Crippen LogP contribution >= 0.6 is 0 Å². The van der Waals surface area contributed by atoms with E-state index in [4.69, 9.17) is 5.73 Å². The largest absolute Gasteiger partial charge is 0.390 e. The van der Waals surface area contributed by atoms with Crippen LogP contribution < -0.4 is 11.3 Å². The minimum atomic E-state index is -1.23. The number of nitrogens with zero attached hydrogens (tertiary/aromatic N) is 3. The molecular formula is C10H13N5O4. The lowest BCUT2D eigenvalue weighted by Gasteiger charge is -2.17. The number of aromatic nitrogens is 4. The van der Waals surface area contributed by atoms with Crippen molar-refractivity contribution in [1.29, 1.82) is 0 Å². The quantitative estimate of drug-likeness (QED) is 0.391. The van der Waals surface area contributed by atoms with Crippen LogP contribution in [0.3, 0.4) is 0 Å². The van der Waals surface area contributed by atoms with Crippen LogP contribution in [-0.4, -0.2) is 53.2 Å². The van der Waals surface area contributed by atoms with E-state index in [9.17, 15) is 20.1 Å². The number of anilines is 1. The third kappa shape index (κ3) is 1.70. The molecule has 0 aliphatic heterocycles. The van der Waals surface area contributed by atoms with Crippen LogP contribution in [0.25, 0.3) is 11.2 Å². The van der Waals surface area contributed by atoms with Crippen molar-refractivity contribution >= 4 is 17.1 Å². The summed E-state index contributed by atoms with van der Waals surface area (Å²) in [5.41, 5.74) is 5.30. The van der Waals surface area contributed by atoms with E-state index < -0.39 is 29.9 Å². The molecular weight excluding hydrogens is 254 g/mol. The van der Waals surface area contributed by atoms with Gasteiger partial charge in [-0.05, 0) is 6.42 Å². The fourth-order valence-electron chi connectivity index (χ4n) is 2.45. The van der Waals surface area contributed by atoms with Crippen molar-refractivity contribution in [3.63, 3.8) is 0 Å². The highest BCUT2D eigenvalue weighted by molar-refractivity contribution is 5.70. The molecule has 0 spiro atoms. The van der Waals surface area contributed by atoms with Gasteiger partial charge in [-0.2, -0.15) is 4.98 Å². The Balaban J connectivity index is 2.14. The molecule has 1 saturated carbocycles. The molecule has 4 atom stereocenters. The minimum absolute atomic E-state index is 0.0622. The fourth-order valence-corrected chi connectivity index (χ4v) is 2.45. The van der Waals surface area contributed by atoms with Crippen LogP contribution in [0.15, 0.2) is 11.1 Å². The molecule has 9 nitrogen and oxygen atoms in total. The summed E-state index contributed by atoms with van der Waals surface area (Å²) in [6, 6.07) is -0.608. The number of nitrogens with one attached hydrogen (secondary N) is 1. The van der Waals surface area contributed by atoms with Gasteiger partial charge in [0.25, 0.3) is 5.56 Å². The van der Waals surface area contributed by atoms with Crippen molar-refractivity contribution in [1.82, 2.24) is 19.5 Å². The lowest BCUT2D eigenvalue weighted by atomic mass is 10.2. The van der Waals surface area contributed by atoms with Gasteiger partial charge in [-0.3, -0.25) is 9.78 Å². The second-order valence-electron chi connectivity index (χ2n) is 4.63. The van der Waals surface area contributed by atoms with Crippen molar-refractivity contribution in [2.24, 2.45) is 0 Å². The summed E-state index contributed by atoms with van der Waals surface area (Å²) in [5.74, 6) is -0.0622. The number of aliphatic hydroxyl groups excluding tert-OH is 3. The Morgan fingerprint density at radius 3 is 2.74 bits per heavy atom. The van der Waals surface area contributed by atoms with Crippen LogP contribution in [0, 0.1) is 0 Å². The van der Waals surface area contributed by atoms with Gasteiger partial charge in [0.2, 0.25) is 5.95 Å². The fraction of sp³-hybridized carbons (Fsp3) is 0.500. The molecule has 19 heavy (non-hydrogen) atoms. The van der Waals surface area contributed by atoms with Crippen LogP contribution in [0.1, 0.15) is 12.5 Å². The van der Waals surface area contributed by atoms with Crippen LogP contribution in [-0.2, 0) is 0 Å². The average molecular weight is 267 g/mol. The number of imidazole rings is 1. The van der Waals surface area contributed by atoms with Crippen molar-refractivity contribution < 1.29 is 15.3 Å². The SMILES string of the molecule is Nc1nc2c(ncn2[C@@H]2C[C@H](O)[C@@H](O)[C@H]2O)c(=O)[nH]1. The summed E-state index contributed by atoms with van der Waals surface area (Å²) in [6.07, 6.45) is -1.94. The van der Waals surface area contributed by atoms with E-state index in [-0.39, 0.29) is 23.5 Å². The number of fused-ring (bicyclic) bond motifs is 1. The maximum Gasteiger partial charge on any atom is 0.280 e. The van der Waals surface area contributed by atoms with E-state index in [0.29, 0.717) is 0 Å². The molecule has 9 heteroatoms. The summed E-state index contributed by atoms with van der Waals surface area (Å²) in [4.78, 5) is 21.8. The van der Waals surface area contributed by atoms with E-state index >= 15 is 0 Å². The molecule has 0 radical (unpaired) electrons. The van der Waals surface area contributed by atoms with Crippen LogP contribution in [0.4, 0.5) is 5.95 Å². The van der Waals surface area contributed by atoms with Gasteiger partial charge in [0.1, 0.15) is 12.2 Å². The van der Waals surface area contributed by atoms with Gasteiger partial charge in [-0.1, -0.05) is 0 Å². The summed E-state index contributed by atoms with van der Waals surface area (Å²) < 4.78 is 1.45. The van der Waals surface area contributed by atoms with Gasteiger partial charge < -0.3 is 25.6 Å². The summed E-state index contributed by atoms with van der Waals surface area (Å²) >= 11 is 0. The molecule has 2 aromatic rings. The van der Waals surface area contributed by atoms with Crippen LogP contribution in [0.2, 0.25) is 0 Å². The van der Waals surface area contributed by atoms with Crippen molar-refractivity contribution in [3.05, 3.63) is 16.7 Å². The Morgan fingerprint density at radius 1 is 1.37 bits per heavy atom. The summed E-state index contributed by atoms with van der Waals surface area (Å²) in [6.45, 7) is 0. The number of aliphatic hydroxyl groups is 3. The van der Waals surface area contributed by atoms with E-state index in [1.807, 2.05) is 0 Å². The standard InChI is InChI=1S/C10H13N5O4/c11-10-13-8-5(9(19)14-10)12-2-15(8)3-1-4(16)7(18)6(3)17/h2-4,6-7,16-18H,1H2,(H3,11,13,14,19)/t3-,4+,6+,7-/m1/s1. The number of hydrogen-bond donors (Lipinski definition) is 5. The number of nitrogens with two attached hydrogens (primary N) is 1.